The van der Waals surface area contributed by atoms with Gasteiger partial charge in [-0.1, -0.05) is 32.9 Å². The first-order valence-electron chi connectivity index (χ1n) is 4.71. The molecule has 0 bridgehead atoms. The van der Waals surface area contributed by atoms with E-state index in [1.165, 1.54) is 6.42 Å². The molecule has 1 fully saturated rings. The topological polar surface area (TPSA) is 32.6 Å². The zero-order valence-electron chi connectivity index (χ0n) is 8.46. The Kier molecular flexibility index (Phi) is 2.45. The van der Waals surface area contributed by atoms with E-state index < -0.39 is 0 Å². The summed E-state index contributed by atoms with van der Waals surface area (Å²) >= 11 is 0. The Hall–Kier alpha value is -0.530. The third-order valence-corrected chi connectivity index (χ3v) is 3.29. The Morgan fingerprint density at radius 2 is 2.08 bits per heavy atom. The van der Waals surface area contributed by atoms with Crippen LogP contribution in [0.1, 0.15) is 40.5 Å². The van der Waals surface area contributed by atoms with Crippen molar-refractivity contribution in [3.63, 3.8) is 0 Å². The summed E-state index contributed by atoms with van der Waals surface area (Å²) in [6.45, 7) is 8.85. The van der Waals surface area contributed by atoms with Gasteiger partial charge >= 0.3 is 0 Å². The maximum absolute atomic E-state index is 8.79. The normalized spacial score (nSPS) is 31.8. The average Bonchev–Trinajstić information content (AvgIpc) is 2.24. The van der Waals surface area contributed by atoms with Crippen LogP contribution in [0.3, 0.4) is 0 Å². The maximum atomic E-state index is 8.79. The molecule has 0 aliphatic heterocycles. The van der Waals surface area contributed by atoms with Crippen molar-refractivity contribution >= 4 is 5.71 Å². The Morgan fingerprint density at radius 1 is 1.50 bits per heavy atom. The Morgan fingerprint density at radius 3 is 2.33 bits per heavy atom. The fourth-order valence-electron chi connectivity index (χ4n) is 2.53. The molecule has 1 aliphatic carbocycles. The quantitative estimate of drug-likeness (QED) is 0.475. The van der Waals surface area contributed by atoms with E-state index >= 15 is 0 Å². The molecular weight excluding hydrogens is 150 g/mol. The molecule has 1 N–H and O–H groups in total. The highest BCUT2D eigenvalue weighted by Crippen LogP contribution is 2.44. The van der Waals surface area contributed by atoms with E-state index in [1.807, 2.05) is 0 Å². The van der Waals surface area contributed by atoms with Gasteiger partial charge in [-0.2, -0.15) is 0 Å². The molecule has 0 saturated heterocycles. The van der Waals surface area contributed by atoms with Crippen molar-refractivity contribution in [3.8, 4) is 0 Å². The molecule has 12 heavy (non-hydrogen) atoms. The highest BCUT2D eigenvalue weighted by molar-refractivity contribution is 5.91. The Balaban J connectivity index is 2.85. The zero-order chi connectivity index (χ0) is 9.35. The minimum absolute atomic E-state index is 0.100. The summed E-state index contributed by atoms with van der Waals surface area (Å²) in [5.74, 6) is 1.35. The predicted molar refractivity (Wildman–Crippen MR) is 50.6 cm³/mol. The average molecular weight is 169 g/mol. The summed E-state index contributed by atoms with van der Waals surface area (Å²) in [5, 5.41) is 12.2. The minimum atomic E-state index is 0.100. The van der Waals surface area contributed by atoms with E-state index in [2.05, 4.69) is 32.9 Å². The summed E-state index contributed by atoms with van der Waals surface area (Å²) in [6, 6.07) is 0. The molecule has 0 aromatic rings. The van der Waals surface area contributed by atoms with Crippen molar-refractivity contribution in [2.24, 2.45) is 22.4 Å². The number of nitrogens with zero attached hydrogens (tertiary/aromatic N) is 1. The molecule has 0 aromatic heterocycles. The molecular formula is C10H19NO. The first-order chi connectivity index (χ1) is 5.50. The fourth-order valence-corrected chi connectivity index (χ4v) is 2.53. The summed E-state index contributed by atoms with van der Waals surface area (Å²) < 4.78 is 0. The van der Waals surface area contributed by atoms with Crippen molar-refractivity contribution in [2.45, 2.75) is 40.5 Å². The van der Waals surface area contributed by atoms with Gasteiger partial charge in [0, 0.05) is 5.41 Å². The molecule has 2 heteroatoms. The van der Waals surface area contributed by atoms with Crippen LogP contribution < -0.4 is 0 Å². The molecule has 2 nitrogen and oxygen atoms in total. The summed E-state index contributed by atoms with van der Waals surface area (Å²) in [7, 11) is 0. The minimum Gasteiger partial charge on any atom is -0.411 e. The van der Waals surface area contributed by atoms with Gasteiger partial charge in [0.05, 0.1) is 5.71 Å². The van der Waals surface area contributed by atoms with Gasteiger partial charge in [0.1, 0.15) is 0 Å². The second kappa shape index (κ2) is 3.08. The van der Waals surface area contributed by atoms with Gasteiger partial charge in [0.15, 0.2) is 0 Å². The molecule has 0 heterocycles. The van der Waals surface area contributed by atoms with Crippen molar-refractivity contribution in [1.29, 1.82) is 0 Å². The van der Waals surface area contributed by atoms with Gasteiger partial charge in [-0.15, -0.1) is 0 Å². The summed E-state index contributed by atoms with van der Waals surface area (Å²) in [4.78, 5) is 0. The van der Waals surface area contributed by atoms with E-state index in [1.54, 1.807) is 0 Å². The highest BCUT2D eigenvalue weighted by atomic mass is 16.4. The second-order valence-corrected chi connectivity index (χ2v) is 4.66. The number of hydrogen-bond acceptors (Lipinski definition) is 2. The lowest BCUT2D eigenvalue weighted by Crippen LogP contribution is -2.28. The maximum Gasteiger partial charge on any atom is 0.0629 e. The largest absolute Gasteiger partial charge is 0.411 e. The van der Waals surface area contributed by atoms with Gasteiger partial charge in [0.2, 0.25) is 0 Å². The SMILES string of the molecule is CC(C)[C@@H]1CC/C(=N\O)C1(C)C. The van der Waals surface area contributed by atoms with Crippen molar-refractivity contribution in [3.05, 3.63) is 0 Å². The zero-order valence-corrected chi connectivity index (χ0v) is 8.46. The molecule has 0 radical (unpaired) electrons. The van der Waals surface area contributed by atoms with Crippen molar-refractivity contribution < 1.29 is 5.21 Å². The molecule has 0 spiro atoms. The van der Waals surface area contributed by atoms with E-state index in [-0.39, 0.29) is 5.41 Å². The molecule has 1 aliphatic rings. The van der Waals surface area contributed by atoms with Crippen LogP contribution in [0.4, 0.5) is 0 Å². The van der Waals surface area contributed by atoms with Crippen LogP contribution in [0, 0.1) is 17.3 Å². The van der Waals surface area contributed by atoms with E-state index in [0.717, 1.165) is 12.1 Å². The number of rotatable bonds is 1. The van der Waals surface area contributed by atoms with Gasteiger partial charge in [-0.25, -0.2) is 0 Å². The molecule has 0 unspecified atom stereocenters. The first kappa shape index (κ1) is 9.56. The first-order valence-corrected chi connectivity index (χ1v) is 4.71. The standard InChI is InChI=1S/C10H19NO/c1-7(2)8-5-6-9(11-12)10(8,3)4/h7-8,12H,5-6H2,1-4H3/b11-9+/t8-/m0/s1. The predicted octanol–water partition coefficient (Wildman–Crippen LogP) is 2.91. The lowest BCUT2D eigenvalue weighted by Gasteiger charge is -2.29. The monoisotopic (exact) mass is 169 g/mol. The smallest absolute Gasteiger partial charge is 0.0629 e. The lowest BCUT2D eigenvalue weighted by molar-refractivity contribution is 0.242. The molecule has 0 amide bonds. The van der Waals surface area contributed by atoms with Crippen LogP contribution >= 0.6 is 0 Å². The molecule has 1 rings (SSSR count). The second-order valence-electron chi connectivity index (χ2n) is 4.66. The van der Waals surface area contributed by atoms with Crippen molar-refractivity contribution in [1.82, 2.24) is 0 Å². The Labute approximate surface area is 74.7 Å². The number of hydrogen-bond donors (Lipinski definition) is 1. The van der Waals surface area contributed by atoms with Crippen LogP contribution in [-0.4, -0.2) is 10.9 Å². The molecule has 1 saturated carbocycles. The lowest BCUT2D eigenvalue weighted by atomic mass is 9.75. The van der Waals surface area contributed by atoms with Crippen LogP contribution in [0.5, 0.6) is 0 Å². The van der Waals surface area contributed by atoms with Crippen LogP contribution in [0.25, 0.3) is 0 Å². The summed E-state index contributed by atoms with van der Waals surface area (Å²) in [6.07, 6.45) is 2.14. The van der Waals surface area contributed by atoms with E-state index in [0.29, 0.717) is 11.8 Å². The highest BCUT2D eigenvalue weighted by Gasteiger charge is 2.41. The molecule has 0 aromatic carbocycles. The molecule has 70 valence electrons. The third kappa shape index (κ3) is 1.35. The van der Waals surface area contributed by atoms with Gasteiger partial charge < -0.3 is 5.21 Å². The van der Waals surface area contributed by atoms with Crippen molar-refractivity contribution in [2.75, 3.05) is 0 Å². The summed E-state index contributed by atoms with van der Waals surface area (Å²) in [5.41, 5.74) is 1.07. The van der Waals surface area contributed by atoms with E-state index in [4.69, 9.17) is 5.21 Å². The molecule has 1 atom stereocenters. The fraction of sp³-hybridized carbons (Fsp3) is 0.900. The van der Waals surface area contributed by atoms with Gasteiger partial charge in [-0.3, -0.25) is 0 Å². The van der Waals surface area contributed by atoms with Gasteiger partial charge in [0.25, 0.3) is 0 Å². The number of oxime groups is 1. The van der Waals surface area contributed by atoms with Gasteiger partial charge in [-0.05, 0) is 24.7 Å². The van der Waals surface area contributed by atoms with Crippen LogP contribution in [0.15, 0.2) is 5.16 Å². The third-order valence-electron chi connectivity index (χ3n) is 3.29. The Bertz CT molecular complexity index is 194. The van der Waals surface area contributed by atoms with E-state index in [9.17, 15) is 0 Å². The van der Waals surface area contributed by atoms with Crippen LogP contribution in [0.2, 0.25) is 0 Å². The van der Waals surface area contributed by atoms with Crippen LogP contribution in [-0.2, 0) is 0 Å².